The molecule has 0 saturated carbocycles. The van der Waals surface area contributed by atoms with Crippen molar-refractivity contribution >= 4 is 0 Å². The van der Waals surface area contributed by atoms with E-state index in [0.29, 0.717) is 12.5 Å². The van der Waals surface area contributed by atoms with E-state index in [-0.39, 0.29) is 12.1 Å². The Bertz CT molecular complexity index is 316. The Labute approximate surface area is 110 Å². The lowest BCUT2D eigenvalue weighted by Crippen LogP contribution is -2.38. The minimum Gasteiger partial charge on any atom is -0.376 e. The van der Waals surface area contributed by atoms with Gasteiger partial charge < -0.3 is 10.1 Å². The van der Waals surface area contributed by atoms with Crippen LogP contribution < -0.4 is 5.32 Å². The van der Waals surface area contributed by atoms with Gasteiger partial charge >= 0.3 is 0 Å². The van der Waals surface area contributed by atoms with Gasteiger partial charge in [0.25, 0.3) is 0 Å². The van der Waals surface area contributed by atoms with Gasteiger partial charge in [0.1, 0.15) is 0 Å². The highest BCUT2D eigenvalue weighted by Gasteiger charge is 2.27. The molecule has 2 unspecified atom stereocenters. The lowest BCUT2D eigenvalue weighted by Gasteiger charge is -2.30. The van der Waals surface area contributed by atoms with Gasteiger partial charge in [-0.15, -0.1) is 0 Å². The van der Waals surface area contributed by atoms with Crippen molar-refractivity contribution in [3.63, 3.8) is 0 Å². The van der Waals surface area contributed by atoms with E-state index in [9.17, 15) is 0 Å². The largest absolute Gasteiger partial charge is 0.376 e. The molecule has 0 aliphatic heterocycles. The van der Waals surface area contributed by atoms with E-state index in [2.05, 4.69) is 36.1 Å². The minimum absolute atomic E-state index is 0.110. The molecule has 0 saturated heterocycles. The first kappa shape index (κ1) is 15.1. The Kier molecular flexibility index (Phi) is 6.83. The number of nitrogens with one attached hydrogen (secondary N) is 1. The van der Waals surface area contributed by atoms with Gasteiger partial charge in [-0.2, -0.15) is 0 Å². The van der Waals surface area contributed by atoms with E-state index in [1.165, 1.54) is 0 Å². The van der Waals surface area contributed by atoms with Crippen LogP contribution in [0.1, 0.15) is 45.9 Å². The molecule has 1 aromatic rings. The smallest absolute Gasteiger partial charge is 0.0808 e. The van der Waals surface area contributed by atoms with Crippen molar-refractivity contribution in [1.29, 1.82) is 0 Å². The van der Waals surface area contributed by atoms with Gasteiger partial charge in [-0.05, 0) is 25.8 Å². The first-order chi connectivity index (χ1) is 8.70. The Balaban J connectivity index is 2.88. The molecule has 0 radical (unpaired) electrons. The molecular weight excluding hydrogens is 226 g/mol. The molecule has 0 aliphatic rings. The van der Waals surface area contributed by atoms with Crippen LogP contribution in [-0.4, -0.2) is 29.2 Å². The summed E-state index contributed by atoms with van der Waals surface area (Å²) < 4.78 is 5.89. The van der Waals surface area contributed by atoms with Crippen LogP contribution in [-0.2, 0) is 4.74 Å². The number of aromatic nitrogens is 2. The van der Waals surface area contributed by atoms with Gasteiger partial charge in [0, 0.05) is 19.0 Å². The fraction of sp³-hybridized carbons (Fsp3) is 0.714. The van der Waals surface area contributed by atoms with E-state index in [0.717, 1.165) is 18.7 Å². The molecule has 0 bridgehead atoms. The van der Waals surface area contributed by atoms with Crippen molar-refractivity contribution in [2.24, 2.45) is 5.92 Å². The quantitative estimate of drug-likeness (QED) is 0.771. The topological polar surface area (TPSA) is 47.0 Å². The third-order valence-corrected chi connectivity index (χ3v) is 2.86. The Morgan fingerprint density at radius 1 is 1.28 bits per heavy atom. The molecule has 2 atom stereocenters. The van der Waals surface area contributed by atoms with Gasteiger partial charge in [-0.3, -0.25) is 9.97 Å². The van der Waals surface area contributed by atoms with Crippen LogP contribution in [0.2, 0.25) is 0 Å². The van der Waals surface area contributed by atoms with Crippen LogP contribution in [0.5, 0.6) is 0 Å². The third kappa shape index (κ3) is 4.35. The van der Waals surface area contributed by atoms with E-state index < -0.39 is 0 Å². The predicted molar refractivity (Wildman–Crippen MR) is 73.3 cm³/mol. The van der Waals surface area contributed by atoms with Crippen LogP contribution in [0.4, 0.5) is 0 Å². The molecule has 0 fully saturated rings. The molecule has 18 heavy (non-hydrogen) atoms. The van der Waals surface area contributed by atoms with Gasteiger partial charge in [0.05, 0.1) is 24.0 Å². The predicted octanol–water partition coefficient (Wildman–Crippen LogP) is 2.58. The second kappa shape index (κ2) is 8.16. The Hall–Kier alpha value is -1.00. The van der Waals surface area contributed by atoms with Gasteiger partial charge in [-0.1, -0.05) is 20.8 Å². The van der Waals surface area contributed by atoms with Gasteiger partial charge in [0.15, 0.2) is 0 Å². The average molecular weight is 251 g/mol. The zero-order valence-electron chi connectivity index (χ0n) is 11.9. The molecule has 4 nitrogen and oxygen atoms in total. The highest BCUT2D eigenvalue weighted by atomic mass is 16.5. The number of ether oxygens (including phenoxy) is 1. The van der Waals surface area contributed by atoms with Crippen LogP contribution in [0.25, 0.3) is 0 Å². The van der Waals surface area contributed by atoms with Crippen LogP contribution in [0.3, 0.4) is 0 Å². The Morgan fingerprint density at radius 3 is 2.56 bits per heavy atom. The SMILES string of the molecule is CCCNC(c1cnccn1)C(OCC)C(C)C. The lowest BCUT2D eigenvalue weighted by atomic mass is 9.97. The van der Waals surface area contributed by atoms with E-state index >= 15 is 0 Å². The van der Waals surface area contributed by atoms with E-state index in [1.54, 1.807) is 12.4 Å². The number of hydrogen-bond acceptors (Lipinski definition) is 4. The minimum atomic E-state index is 0.110. The summed E-state index contributed by atoms with van der Waals surface area (Å²) in [6.45, 7) is 10.2. The molecule has 1 N–H and O–H groups in total. The fourth-order valence-corrected chi connectivity index (χ4v) is 2.03. The molecule has 0 amide bonds. The molecule has 102 valence electrons. The van der Waals surface area contributed by atoms with Gasteiger partial charge in [-0.25, -0.2) is 0 Å². The molecule has 0 aliphatic carbocycles. The van der Waals surface area contributed by atoms with Crippen LogP contribution in [0, 0.1) is 5.92 Å². The van der Waals surface area contributed by atoms with Crippen molar-refractivity contribution in [3.8, 4) is 0 Å². The molecule has 1 aromatic heterocycles. The van der Waals surface area contributed by atoms with E-state index in [1.807, 2.05) is 13.1 Å². The average Bonchev–Trinajstić information content (AvgIpc) is 2.39. The Morgan fingerprint density at radius 2 is 2.06 bits per heavy atom. The van der Waals surface area contributed by atoms with Gasteiger partial charge in [0.2, 0.25) is 0 Å². The summed E-state index contributed by atoms with van der Waals surface area (Å²) >= 11 is 0. The van der Waals surface area contributed by atoms with Crippen molar-refractivity contribution in [1.82, 2.24) is 15.3 Å². The second-order valence-corrected chi connectivity index (χ2v) is 4.73. The molecule has 0 aromatic carbocycles. The maximum atomic E-state index is 5.89. The maximum absolute atomic E-state index is 5.89. The normalized spacial score (nSPS) is 14.7. The fourth-order valence-electron chi connectivity index (χ4n) is 2.03. The monoisotopic (exact) mass is 251 g/mol. The summed E-state index contributed by atoms with van der Waals surface area (Å²) in [5.74, 6) is 0.432. The maximum Gasteiger partial charge on any atom is 0.0808 e. The highest BCUT2D eigenvalue weighted by Crippen LogP contribution is 2.23. The summed E-state index contributed by atoms with van der Waals surface area (Å²) in [5.41, 5.74) is 0.957. The van der Waals surface area contributed by atoms with Crippen LogP contribution in [0.15, 0.2) is 18.6 Å². The first-order valence-electron chi connectivity index (χ1n) is 6.81. The first-order valence-corrected chi connectivity index (χ1v) is 6.81. The third-order valence-electron chi connectivity index (χ3n) is 2.86. The summed E-state index contributed by atoms with van der Waals surface area (Å²) in [6.07, 6.45) is 6.47. The van der Waals surface area contributed by atoms with Crippen molar-refractivity contribution in [3.05, 3.63) is 24.3 Å². The van der Waals surface area contributed by atoms with E-state index in [4.69, 9.17) is 4.74 Å². The lowest BCUT2D eigenvalue weighted by molar-refractivity contribution is 0.00175. The van der Waals surface area contributed by atoms with Crippen molar-refractivity contribution in [2.75, 3.05) is 13.2 Å². The highest BCUT2D eigenvalue weighted by molar-refractivity contribution is 5.05. The molecule has 1 heterocycles. The summed E-state index contributed by atoms with van der Waals surface area (Å²) in [4.78, 5) is 8.57. The summed E-state index contributed by atoms with van der Waals surface area (Å²) in [6, 6.07) is 0.110. The summed E-state index contributed by atoms with van der Waals surface area (Å²) in [7, 11) is 0. The molecule has 1 rings (SSSR count). The summed E-state index contributed by atoms with van der Waals surface area (Å²) in [5, 5.41) is 3.52. The number of rotatable bonds is 8. The van der Waals surface area contributed by atoms with Crippen molar-refractivity contribution in [2.45, 2.75) is 46.3 Å². The molecule has 4 heteroatoms. The molecule has 0 spiro atoms. The zero-order chi connectivity index (χ0) is 13.4. The second-order valence-electron chi connectivity index (χ2n) is 4.73. The van der Waals surface area contributed by atoms with Crippen LogP contribution >= 0.6 is 0 Å². The standard InChI is InChI=1S/C14H25N3O/c1-5-7-17-13(12-10-15-8-9-16-12)14(11(3)4)18-6-2/h8-11,13-14,17H,5-7H2,1-4H3. The number of hydrogen-bond donors (Lipinski definition) is 1. The van der Waals surface area contributed by atoms with Crippen molar-refractivity contribution < 1.29 is 4.74 Å². The number of nitrogens with zero attached hydrogens (tertiary/aromatic N) is 2. The zero-order valence-corrected chi connectivity index (χ0v) is 11.9. The molecular formula is C14H25N3O.